The van der Waals surface area contributed by atoms with Gasteiger partial charge in [0.1, 0.15) is 22.3 Å². The van der Waals surface area contributed by atoms with Gasteiger partial charge < -0.3 is 8.83 Å². The molecule has 2 aromatic heterocycles. The lowest BCUT2D eigenvalue weighted by Crippen LogP contribution is -1.86. The number of fused-ring (bicyclic) bond motifs is 16. The van der Waals surface area contributed by atoms with Crippen LogP contribution in [0.1, 0.15) is 0 Å². The van der Waals surface area contributed by atoms with Crippen molar-refractivity contribution in [1.82, 2.24) is 0 Å². The van der Waals surface area contributed by atoms with Gasteiger partial charge in [0.25, 0.3) is 0 Å². The molecule has 0 fully saturated rings. The van der Waals surface area contributed by atoms with Crippen molar-refractivity contribution >= 4 is 87.0 Å². The third-order valence-electron chi connectivity index (χ3n) is 12.0. The van der Waals surface area contributed by atoms with Gasteiger partial charge in [-0.15, -0.1) is 0 Å². The first kappa shape index (κ1) is 28.4. The zero-order chi connectivity index (χ0) is 35.1. The van der Waals surface area contributed by atoms with E-state index in [0.29, 0.717) is 0 Å². The van der Waals surface area contributed by atoms with E-state index in [9.17, 15) is 0 Å². The minimum absolute atomic E-state index is 0.897. The first-order chi connectivity index (χ1) is 26.8. The first-order valence-electron chi connectivity index (χ1n) is 18.6. The molecule has 0 bridgehead atoms. The fourth-order valence-electron chi connectivity index (χ4n) is 9.58. The van der Waals surface area contributed by atoms with Crippen LogP contribution in [-0.4, -0.2) is 0 Å². The Labute approximate surface area is 309 Å². The highest BCUT2D eigenvalue weighted by atomic mass is 16.3. The molecule has 0 N–H and O–H groups in total. The zero-order valence-electron chi connectivity index (χ0n) is 29.0. The highest BCUT2D eigenvalue weighted by Crippen LogP contribution is 2.50. The van der Waals surface area contributed by atoms with Crippen LogP contribution in [0, 0.1) is 0 Å². The molecule has 0 unspecified atom stereocenters. The van der Waals surface area contributed by atoms with Crippen LogP contribution in [0.15, 0.2) is 179 Å². The molecular weight excluding hydrogens is 657 g/mol. The third kappa shape index (κ3) is 3.69. The van der Waals surface area contributed by atoms with Gasteiger partial charge in [-0.3, -0.25) is 0 Å². The van der Waals surface area contributed by atoms with E-state index in [-0.39, 0.29) is 0 Å². The highest BCUT2D eigenvalue weighted by molar-refractivity contribution is 6.32. The third-order valence-corrected chi connectivity index (χ3v) is 12.0. The Morgan fingerprint density at radius 3 is 1.59 bits per heavy atom. The SMILES string of the molecule is c1ccc2c(c1)-c1cccc3c(-c4ccc5oc6ccc(-c7ccc8c(c7)c7ccccc7c7c8ccc8c9ccccc9oc87)cc6c5c4)ccc-2c13. The number of rotatable bonds is 2. The second-order valence-corrected chi connectivity index (χ2v) is 14.7. The van der Waals surface area contributed by atoms with Crippen molar-refractivity contribution in [3.63, 3.8) is 0 Å². The van der Waals surface area contributed by atoms with Crippen LogP contribution < -0.4 is 0 Å². The number of hydrogen-bond acceptors (Lipinski definition) is 2. The lowest BCUT2D eigenvalue weighted by molar-refractivity contribution is 0.669. The molecule has 0 saturated carbocycles. The number of benzene rings is 10. The summed E-state index contributed by atoms with van der Waals surface area (Å²) >= 11 is 0. The van der Waals surface area contributed by atoms with Crippen LogP contribution >= 0.6 is 0 Å². The summed E-state index contributed by atoms with van der Waals surface area (Å²) in [5.41, 5.74) is 13.7. The molecule has 2 heteroatoms. The summed E-state index contributed by atoms with van der Waals surface area (Å²) in [5, 5.41) is 14.5. The maximum atomic E-state index is 6.56. The summed E-state index contributed by atoms with van der Waals surface area (Å²) in [7, 11) is 0. The number of hydrogen-bond donors (Lipinski definition) is 0. The first-order valence-corrected chi connectivity index (χ1v) is 18.6. The van der Waals surface area contributed by atoms with Crippen LogP contribution in [-0.2, 0) is 0 Å². The molecule has 54 heavy (non-hydrogen) atoms. The van der Waals surface area contributed by atoms with Crippen molar-refractivity contribution in [3.05, 3.63) is 170 Å². The Morgan fingerprint density at radius 1 is 0.241 bits per heavy atom. The van der Waals surface area contributed by atoms with Crippen molar-refractivity contribution in [2.24, 2.45) is 0 Å². The molecule has 12 aromatic rings. The predicted molar refractivity (Wildman–Crippen MR) is 226 cm³/mol. The highest BCUT2D eigenvalue weighted by Gasteiger charge is 2.23. The van der Waals surface area contributed by atoms with Gasteiger partial charge in [-0.2, -0.15) is 0 Å². The van der Waals surface area contributed by atoms with Crippen molar-refractivity contribution in [2.45, 2.75) is 0 Å². The van der Waals surface area contributed by atoms with E-state index >= 15 is 0 Å². The summed E-state index contributed by atoms with van der Waals surface area (Å²) in [6.07, 6.45) is 0. The summed E-state index contributed by atoms with van der Waals surface area (Å²) in [6.45, 7) is 0. The van der Waals surface area contributed by atoms with E-state index < -0.39 is 0 Å². The maximum Gasteiger partial charge on any atom is 0.143 e. The van der Waals surface area contributed by atoms with E-state index in [4.69, 9.17) is 8.83 Å². The van der Waals surface area contributed by atoms with E-state index in [1.165, 1.54) is 82.0 Å². The fraction of sp³-hybridized carbons (Fsp3) is 0. The molecule has 0 saturated heterocycles. The predicted octanol–water partition coefficient (Wildman–Crippen LogP) is 15.1. The Kier molecular flexibility index (Phi) is 5.39. The van der Waals surface area contributed by atoms with Crippen LogP contribution in [0.2, 0.25) is 0 Å². The molecule has 248 valence electrons. The summed E-state index contributed by atoms with van der Waals surface area (Å²) in [4.78, 5) is 0. The topological polar surface area (TPSA) is 26.3 Å². The lowest BCUT2D eigenvalue weighted by atomic mass is 9.91. The quantitative estimate of drug-likeness (QED) is 0.169. The normalized spacial score (nSPS) is 12.4. The van der Waals surface area contributed by atoms with Crippen LogP contribution in [0.3, 0.4) is 0 Å². The molecule has 0 aliphatic heterocycles. The van der Waals surface area contributed by atoms with Crippen LogP contribution in [0.5, 0.6) is 0 Å². The van der Waals surface area contributed by atoms with E-state index in [1.807, 2.05) is 6.07 Å². The minimum Gasteiger partial charge on any atom is -0.456 e. The average Bonchev–Trinajstić information content (AvgIpc) is 3.91. The standard InChI is InChI=1S/C52H28O2/c1-2-9-34-33(8-1)39-14-7-13-38-32(20-21-41(34)50(38)39)31-18-25-49-46(28-31)45-27-30(17-24-48(45)53-49)29-16-19-36-42-22-23-43-37-11-5-6-15-47(37)54-52(43)51(42)40-12-4-3-10-35(40)44(36)26-29/h1-28H. The molecule has 10 aromatic carbocycles. The van der Waals surface area contributed by atoms with Crippen LogP contribution in [0.25, 0.3) is 131 Å². The molecule has 2 heterocycles. The molecular formula is C52H28O2. The molecule has 13 rings (SSSR count). The van der Waals surface area contributed by atoms with Gasteiger partial charge in [0.2, 0.25) is 0 Å². The van der Waals surface area contributed by atoms with Crippen LogP contribution in [0.4, 0.5) is 0 Å². The van der Waals surface area contributed by atoms with E-state index in [0.717, 1.165) is 49.4 Å². The average molecular weight is 685 g/mol. The number of furan rings is 2. The Morgan fingerprint density at radius 2 is 0.759 bits per heavy atom. The fourth-order valence-corrected chi connectivity index (χ4v) is 9.58. The van der Waals surface area contributed by atoms with Gasteiger partial charge >= 0.3 is 0 Å². The molecule has 0 spiro atoms. The zero-order valence-corrected chi connectivity index (χ0v) is 29.0. The second kappa shape index (κ2) is 10.2. The van der Waals surface area contributed by atoms with Crippen molar-refractivity contribution in [2.75, 3.05) is 0 Å². The Balaban J connectivity index is 0.987. The van der Waals surface area contributed by atoms with E-state index in [1.54, 1.807) is 0 Å². The Hall–Kier alpha value is -7.16. The smallest absolute Gasteiger partial charge is 0.143 e. The summed E-state index contributed by atoms with van der Waals surface area (Å²) in [6, 6.07) is 61.8. The van der Waals surface area contributed by atoms with Crippen molar-refractivity contribution in [1.29, 1.82) is 0 Å². The molecule has 1 aliphatic rings. The Bertz CT molecular complexity index is 3560. The van der Waals surface area contributed by atoms with Gasteiger partial charge in [0.05, 0.1) is 0 Å². The number of para-hydroxylation sites is 1. The summed E-state index contributed by atoms with van der Waals surface area (Å²) in [5.74, 6) is 0. The lowest BCUT2D eigenvalue weighted by Gasteiger charge is -2.12. The van der Waals surface area contributed by atoms with Gasteiger partial charge in [-0.1, -0.05) is 127 Å². The largest absolute Gasteiger partial charge is 0.456 e. The summed E-state index contributed by atoms with van der Waals surface area (Å²) < 4.78 is 13.0. The monoisotopic (exact) mass is 684 g/mol. The van der Waals surface area contributed by atoms with Gasteiger partial charge in [0, 0.05) is 26.9 Å². The molecule has 0 radical (unpaired) electrons. The second-order valence-electron chi connectivity index (χ2n) is 14.7. The molecule has 2 nitrogen and oxygen atoms in total. The van der Waals surface area contributed by atoms with E-state index in [2.05, 4.69) is 164 Å². The minimum atomic E-state index is 0.897. The molecule has 1 aliphatic carbocycles. The van der Waals surface area contributed by atoms with Gasteiger partial charge in [-0.25, -0.2) is 0 Å². The van der Waals surface area contributed by atoms with Crippen molar-refractivity contribution in [3.8, 4) is 44.5 Å². The van der Waals surface area contributed by atoms with Gasteiger partial charge in [0.15, 0.2) is 0 Å². The molecule has 0 atom stereocenters. The van der Waals surface area contributed by atoms with Crippen molar-refractivity contribution < 1.29 is 8.83 Å². The molecule has 0 amide bonds. The van der Waals surface area contributed by atoms with Gasteiger partial charge in [-0.05, 0) is 125 Å². The maximum absolute atomic E-state index is 6.56.